The second-order valence-electron chi connectivity index (χ2n) is 8.55. The normalized spacial score (nSPS) is 13.6. The molecule has 0 saturated carbocycles. The Kier molecular flexibility index (Phi) is 10.6. The quantitative estimate of drug-likeness (QED) is 0.239. The zero-order chi connectivity index (χ0) is 26.8. The molecule has 0 aliphatic carbocycles. The molecule has 2 heterocycles. The van der Waals surface area contributed by atoms with Crippen molar-refractivity contribution in [1.82, 2.24) is 15.2 Å². The Balaban J connectivity index is 1.90. The van der Waals surface area contributed by atoms with Gasteiger partial charge in [0.15, 0.2) is 11.6 Å². The van der Waals surface area contributed by atoms with Crippen molar-refractivity contribution in [3.8, 4) is 17.0 Å². The van der Waals surface area contributed by atoms with Crippen LogP contribution in [0.5, 0.6) is 5.75 Å². The lowest BCUT2D eigenvalue weighted by atomic mass is 10.00. The monoisotopic (exact) mass is 528 g/mol. The summed E-state index contributed by atoms with van der Waals surface area (Å²) < 4.78 is 20.6. The number of nitrogens with one attached hydrogen (secondary N) is 3. The van der Waals surface area contributed by atoms with Crippen LogP contribution in [0.15, 0.2) is 42.1 Å². The Hall–Kier alpha value is -3.27. The lowest BCUT2D eigenvalue weighted by molar-refractivity contribution is -0.120. The number of carbonyl (C=O) groups excluding carboxylic acids is 1. The summed E-state index contributed by atoms with van der Waals surface area (Å²) in [6.07, 6.45) is 5.89. The first kappa shape index (κ1) is 28.3. The molecule has 3 rings (SSSR count). The Labute approximate surface area is 222 Å². The van der Waals surface area contributed by atoms with Crippen molar-refractivity contribution >= 4 is 35.1 Å². The molecule has 1 aromatic carbocycles. The zero-order valence-corrected chi connectivity index (χ0v) is 22.0. The third kappa shape index (κ3) is 7.61. The van der Waals surface area contributed by atoms with E-state index in [9.17, 15) is 9.18 Å². The van der Waals surface area contributed by atoms with Gasteiger partial charge in [0.25, 0.3) is 0 Å². The van der Waals surface area contributed by atoms with Crippen LogP contribution in [0.25, 0.3) is 16.8 Å². The van der Waals surface area contributed by atoms with E-state index in [1.54, 1.807) is 12.1 Å². The van der Waals surface area contributed by atoms with Gasteiger partial charge in [-0.15, -0.1) is 0 Å². The summed E-state index contributed by atoms with van der Waals surface area (Å²) in [6, 6.07) is 6.04. The second-order valence-corrected chi connectivity index (χ2v) is 8.99. The van der Waals surface area contributed by atoms with Gasteiger partial charge in [0.05, 0.1) is 17.9 Å². The van der Waals surface area contributed by atoms with E-state index in [2.05, 4.69) is 27.4 Å². The van der Waals surface area contributed by atoms with Crippen LogP contribution in [-0.2, 0) is 4.79 Å². The summed E-state index contributed by atoms with van der Waals surface area (Å²) >= 11 is 6.13. The fourth-order valence-corrected chi connectivity index (χ4v) is 4.26. The number of carbonyl (C=O) groups is 1. The van der Waals surface area contributed by atoms with E-state index in [0.717, 1.165) is 25.7 Å². The van der Waals surface area contributed by atoms with Gasteiger partial charge >= 0.3 is 0 Å². The molecule has 37 heavy (non-hydrogen) atoms. The highest BCUT2D eigenvalue weighted by Gasteiger charge is 2.21. The van der Waals surface area contributed by atoms with Crippen molar-refractivity contribution < 1.29 is 13.9 Å². The van der Waals surface area contributed by atoms with Gasteiger partial charge in [0, 0.05) is 48.4 Å². The highest BCUT2D eigenvalue weighted by atomic mass is 35.5. The van der Waals surface area contributed by atoms with Gasteiger partial charge in [-0.2, -0.15) is 0 Å². The van der Waals surface area contributed by atoms with E-state index in [1.807, 2.05) is 13.0 Å². The number of hydrogen-bond acceptors (Lipinski definition) is 7. The number of allylic oxidation sites excluding steroid dienone is 4. The average molecular weight is 529 g/mol. The first-order valence-electron chi connectivity index (χ1n) is 12.4. The summed E-state index contributed by atoms with van der Waals surface area (Å²) in [4.78, 5) is 19.4. The number of hydrogen-bond donors (Lipinski definition) is 4. The molecule has 0 fully saturated rings. The molecule has 1 aliphatic heterocycles. The van der Waals surface area contributed by atoms with Crippen LogP contribution in [0.4, 0.5) is 10.2 Å². The minimum Gasteiger partial charge on any atom is -0.487 e. The highest BCUT2D eigenvalue weighted by molar-refractivity contribution is 6.30. The second kappa shape index (κ2) is 13.9. The molecule has 2 aromatic rings. The maximum Gasteiger partial charge on any atom is 0.225 e. The van der Waals surface area contributed by atoms with Crippen LogP contribution in [0.3, 0.4) is 0 Å². The Morgan fingerprint density at radius 2 is 2.16 bits per heavy atom. The Morgan fingerprint density at radius 3 is 2.86 bits per heavy atom. The van der Waals surface area contributed by atoms with Crippen molar-refractivity contribution in [1.29, 1.82) is 5.41 Å². The van der Waals surface area contributed by atoms with Crippen LogP contribution in [0, 0.1) is 11.2 Å². The maximum absolute atomic E-state index is 14.7. The number of pyridine rings is 1. The van der Waals surface area contributed by atoms with Crippen molar-refractivity contribution in [2.75, 3.05) is 44.6 Å². The number of nitrogens with zero attached hydrogens (tertiary/aromatic N) is 2. The highest BCUT2D eigenvalue weighted by Crippen LogP contribution is 2.39. The number of fused-ring (bicyclic) bond motifs is 1. The molecular formula is C27H34ClFN6O2. The summed E-state index contributed by atoms with van der Waals surface area (Å²) in [5.41, 5.74) is 7.98. The minimum absolute atomic E-state index is 0.195. The van der Waals surface area contributed by atoms with Gasteiger partial charge < -0.3 is 31.4 Å². The molecule has 8 nitrogen and oxygen atoms in total. The fraction of sp³-hybridized carbons (Fsp3) is 0.370. The lowest BCUT2D eigenvalue weighted by Gasteiger charge is -2.23. The molecule has 0 saturated heterocycles. The first-order valence-corrected chi connectivity index (χ1v) is 12.8. The van der Waals surface area contributed by atoms with Crippen molar-refractivity contribution in [2.45, 2.75) is 26.7 Å². The van der Waals surface area contributed by atoms with Crippen LogP contribution in [0.2, 0.25) is 5.02 Å². The van der Waals surface area contributed by atoms with Crippen LogP contribution >= 0.6 is 11.6 Å². The molecule has 5 N–H and O–H groups in total. The Morgan fingerprint density at radius 1 is 1.35 bits per heavy atom. The molecule has 0 atom stereocenters. The number of aromatic nitrogens is 1. The summed E-state index contributed by atoms with van der Waals surface area (Å²) in [5, 5.41) is 14.3. The molecule has 1 aromatic heterocycles. The van der Waals surface area contributed by atoms with Gasteiger partial charge in [-0.1, -0.05) is 24.6 Å². The van der Waals surface area contributed by atoms with Crippen molar-refractivity contribution in [2.24, 2.45) is 5.73 Å². The van der Waals surface area contributed by atoms with Gasteiger partial charge in [-0.05, 0) is 55.8 Å². The number of nitrogens with two attached hydrogens (primary N) is 1. The topological polar surface area (TPSA) is 116 Å². The van der Waals surface area contributed by atoms with Crippen LogP contribution < -0.4 is 21.1 Å². The largest absolute Gasteiger partial charge is 0.487 e. The van der Waals surface area contributed by atoms with Gasteiger partial charge in [0.2, 0.25) is 5.91 Å². The predicted octanol–water partition coefficient (Wildman–Crippen LogP) is 4.46. The fourth-order valence-electron chi connectivity index (χ4n) is 4.08. The molecule has 10 heteroatoms. The maximum atomic E-state index is 14.7. The van der Waals surface area contributed by atoms with Gasteiger partial charge in [-0.3, -0.25) is 4.79 Å². The van der Waals surface area contributed by atoms with E-state index < -0.39 is 5.82 Å². The number of benzene rings is 1. The van der Waals surface area contributed by atoms with E-state index in [4.69, 9.17) is 27.5 Å². The van der Waals surface area contributed by atoms with E-state index in [-0.39, 0.29) is 17.9 Å². The molecule has 0 unspecified atom stereocenters. The standard InChI is InChI=1S/C27H34ClFN6O2/c1-3-10-35(12-8-30)11-7-25(36)33-20(17-31)14-18(4-2)21-16-24(22-15-19(28)5-6-23(22)29)34-27-26(21)37-13-9-32-27/h4-6,14-17,31H,3,7-13,30H2,1-2H3,(H,32,34)(H,33,36)/b18-4+,20-14+,31-17?. The molecule has 1 aliphatic rings. The van der Waals surface area contributed by atoms with Gasteiger partial charge in [-0.25, -0.2) is 9.37 Å². The van der Waals surface area contributed by atoms with Crippen LogP contribution in [0.1, 0.15) is 32.3 Å². The minimum atomic E-state index is -0.448. The molecule has 0 bridgehead atoms. The molecule has 0 spiro atoms. The van der Waals surface area contributed by atoms with Gasteiger partial charge in [0.1, 0.15) is 12.4 Å². The van der Waals surface area contributed by atoms with E-state index in [1.165, 1.54) is 18.2 Å². The molecular weight excluding hydrogens is 495 g/mol. The third-order valence-electron chi connectivity index (χ3n) is 5.83. The predicted molar refractivity (Wildman–Crippen MR) is 148 cm³/mol. The number of ether oxygens (including phenoxy) is 1. The van der Waals surface area contributed by atoms with Crippen LogP contribution in [-0.4, -0.2) is 61.3 Å². The number of anilines is 1. The molecule has 0 radical (unpaired) electrons. The molecule has 1 amide bonds. The summed E-state index contributed by atoms with van der Waals surface area (Å²) in [7, 11) is 0. The third-order valence-corrected chi connectivity index (χ3v) is 6.07. The lowest BCUT2D eigenvalue weighted by Crippen LogP contribution is -2.34. The average Bonchev–Trinajstić information content (AvgIpc) is 2.90. The first-order chi connectivity index (χ1) is 17.9. The van der Waals surface area contributed by atoms with Crippen molar-refractivity contribution in [3.63, 3.8) is 0 Å². The zero-order valence-electron chi connectivity index (χ0n) is 21.2. The van der Waals surface area contributed by atoms with E-state index in [0.29, 0.717) is 65.4 Å². The SMILES string of the molecule is C/C=C(\C=C(/C=N)NC(=O)CCN(CCC)CCN)c1cc(-c2cc(Cl)ccc2F)nc2c1OCCN2. The smallest absolute Gasteiger partial charge is 0.225 e. The number of amides is 1. The molecule has 198 valence electrons. The number of halogens is 2. The van der Waals surface area contributed by atoms with E-state index >= 15 is 0 Å². The van der Waals surface area contributed by atoms with Crippen molar-refractivity contribution in [3.05, 3.63) is 58.5 Å². The number of rotatable bonds is 12. The summed E-state index contributed by atoms with van der Waals surface area (Å²) in [6.45, 7) is 7.65. The summed E-state index contributed by atoms with van der Waals surface area (Å²) in [5.74, 6) is 0.368. The Bertz CT molecular complexity index is 1180.